The lowest BCUT2D eigenvalue weighted by atomic mass is 9.97. The lowest BCUT2D eigenvalue weighted by molar-refractivity contribution is 0.124. The van der Waals surface area contributed by atoms with Crippen molar-refractivity contribution in [2.24, 2.45) is 0 Å². The molecule has 2 aromatic carbocycles. The Bertz CT molecular complexity index is 1370. The van der Waals surface area contributed by atoms with Gasteiger partial charge in [0, 0.05) is 36.1 Å². The third-order valence-corrected chi connectivity index (χ3v) is 6.19. The molecule has 0 saturated carbocycles. The summed E-state index contributed by atoms with van der Waals surface area (Å²) in [5.41, 5.74) is 2.96. The van der Waals surface area contributed by atoms with Gasteiger partial charge < -0.3 is 9.47 Å². The van der Waals surface area contributed by atoms with Crippen LogP contribution in [0, 0.1) is 0 Å². The molecule has 0 radical (unpaired) electrons. The topological polar surface area (TPSA) is 83.3 Å². The van der Waals surface area contributed by atoms with Gasteiger partial charge in [0.15, 0.2) is 23.4 Å². The van der Waals surface area contributed by atoms with E-state index in [0.29, 0.717) is 22.2 Å². The minimum absolute atomic E-state index is 0.222. The van der Waals surface area contributed by atoms with Crippen LogP contribution >= 0.6 is 11.6 Å². The fourth-order valence-corrected chi connectivity index (χ4v) is 4.21. The number of methoxy groups -OCH3 is 1. The third kappa shape index (κ3) is 4.30. The number of rotatable bonds is 6. The molecule has 0 saturated heterocycles. The van der Waals surface area contributed by atoms with Crippen LogP contribution in [-0.2, 0) is 21.3 Å². The van der Waals surface area contributed by atoms with Crippen LogP contribution in [0.25, 0.3) is 22.2 Å². The number of hydrogen-bond donors (Lipinski definition) is 0. The number of benzene rings is 2. The maximum absolute atomic E-state index is 11.7. The molecule has 0 amide bonds. The first-order chi connectivity index (χ1) is 14.8. The van der Waals surface area contributed by atoms with E-state index in [9.17, 15) is 8.42 Å². The van der Waals surface area contributed by atoms with E-state index in [1.165, 1.54) is 18.4 Å². The van der Waals surface area contributed by atoms with Crippen LogP contribution in [0.1, 0.15) is 0 Å². The molecule has 2 heterocycles. The quantitative estimate of drug-likeness (QED) is 0.416. The fraction of sp³-hybridized carbons (Fsp3) is 0.143. The molecule has 0 atom stereocenters. The van der Waals surface area contributed by atoms with Gasteiger partial charge in [-0.05, 0) is 48.5 Å². The summed E-state index contributed by atoms with van der Waals surface area (Å²) in [5, 5.41) is 5.96. The zero-order valence-electron chi connectivity index (χ0n) is 17.2. The number of pyridine rings is 1. The Morgan fingerprint density at radius 2 is 1.90 bits per heavy atom. The molecule has 4 aromatic rings. The van der Waals surface area contributed by atoms with E-state index >= 15 is 0 Å². The van der Waals surface area contributed by atoms with E-state index in [-0.39, 0.29) is 11.6 Å². The number of fused-ring (bicyclic) bond motifs is 1. The highest BCUT2D eigenvalue weighted by Gasteiger charge is 2.18. The van der Waals surface area contributed by atoms with Crippen LogP contribution in [0.3, 0.4) is 0 Å². The van der Waals surface area contributed by atoms with Crippen molar-refractivity contribution in [1.29, 1.82) is 0 Å². The van der Waals surface area contributed by atoms with Gasteiger partial charge in [-0.15, -0.1) is 0 Å². The van der Waals surface area contributed by atoms with Gasteiger partial charge in [0.25, 0.3) is 0 Å². The van der Waals surface area contributed by atoms with E-state index in [1.807, 2.05) is 20.0 Å². The average molecular weight is 456 g/mol. The van der Waals surface area contributed by atoms with Crippen LogP contribution in [0.5, 0.6) is 11.5 Å². The molecule has 10 heteroatoms. The van der Waals surface area contributed by atoms with E-state index in [4.69, 9.17) is 21.1 Å². The summed E-state index contributed by atoms with van der Waals surface area (Å²) in [4.78, 5) is 4.63. The Labute approximate surface area is 185 Å². The molecule has 0 spiro atoms. The molecular weight excluding hydrogens is 437 g/mol. The summed E-state index contributed by atoms with van der Waals surface area (Å²) in [6.07, 6.45) is 2.84. The molecule has 0 fully saturated rings. The molecule has 7 nitrogen and oxygen atoms in total. The first-order valence-electron chi connectivity index (χ1n) is 9.37. The van der Waals surface area contributed by atoms with Gasteiger partial charge in [-0.2, -0.15) is 5.10 Å². The Hall–Kier alpha value is -2.88. The second-order valence-electron chi connectivity index (χ2n) is 7.05. The van der Waals surface area contributed by atoms with Crippen LogP contribution in [-0.4, -0.2) is 44.4 Å². The van der Waals surface area contributed by atoms with E-state index in [0.717, 1.165) is 22.1 Å². The van der Waals surface area contributed by atoms with Crippen LogP contribution in [0.15, 0.2) is 59.6 Å². The molecule has 158 valence electrons. The van der Waals surface area contributed by atoms with E-state index in [1.54, 1.807) is 42.3 Å². The molecule has 4 rings (SSSR count). The number of nitrogens with zero attached hydrogens (tertiary/aromatic N) is 3. The highest BCUT2D eigenvalue weighted by Crippen LogP contribution is 2.36. The van der Waals surface area contributed by atoms with Crippen molar-refractivity contribution in [2.45, 2.75) is 11.6 Å². The van der Waals surface area contributed by atoms with Crippen molar-refractivity contribution >= 4 is 45.8 Å². The Morgan fingerprint density at radius 3 is 2.55 bits per heavy atom. The molecule has 0 bridgehead atoms. The van der Waals surface area contributed by atoms with E-state index in [2.05, 4.69) is 10.1 Å². The largest absolute Gasteiger partial charge is 0.455 e. The summed E-state index contributed by atoms with van der Waals surface area (Å²) in [6.45, 7) is 0.247. The minimum atomic E-state index is -3.29. The molecule has 0 aliphatic heterocycles. The first kappa shape index (κ1) is 21.4. The Balaban J connectivity index is 1.88. The maximum Gasteiger partial charge on any atom is 0.175 e. The lowest BCUT2D eigenvalue weighted by Gasteiger charge is -2.13. The predicted octanol–water partition coefficient (Wildman–Crippen LogP) is 2.81. The molecule has 0 aliphatic rings. The smallest absolute Gasteiger partial charge is 0.175 e. The summed E-state index contributed by atoms with van der Waals surface area (Å²) in [7, 11) is 0.204. The van der Waals surface area contributed by atoms with Gasteiger partial charge in [0.1, 0.15) is 18.0 Å². The van der Waals surface area contributed by atoms with Gasteiger partial charge in [0.05, 0.1) is 15.6 Å². The zero-order valence-corrected chi connectivity index (χ0v) is 18.7. The van der Waals surface area contributed by atoms with Crippen molar-refractivity contribution in [1.82, 2.24) is 14.8 Å². The number of aromatic nitrogens is 3. The molecule has 31 heavy (non-hydrogen) atoms. The number of ether oxygens (including phenoxy) is 2. The minimum Gasteiger partial charge on any atom is -0.455 e. The molecular formula is C21H19BClN3O4S. The van der Waals surface area contributed by atoms with Gasteiger partial charge in [0.2, 0.25) is 0 Å². The second-order valence-corrected chi connectivity index (χ2v) is 9.48. The molecule has 0 aliphatic carbocycles. The highest BCUT2D eigenvalue weighted by molar-refractivity contribution is 7.90. The van der Waals surface area contributed by atoms with Gasteiger partial charge >= 0.3 is 0 Å². The predicted molar refractivity (Wildman–Crippen MR) is 123 cm³/mol. The van der Waals surface area contributed by atoms with Gasteiger partial charge in [-0.3, -0.25) is 4.98 Å². The van der Waals surface area contributed by atoms with E-state index < -0.39 is 9.84 Å². The molecule has 0 unspecified atom stereocenters. The number of halogens is 1. The van der Waals surface area contributed by atoms with Crippen molar-refractivity contribution < 1.29 is 17.9 Å². The lowest BCUT2D eigenvalue weighted by Crippen LogP contribution is -2.09. The Morgan fingerprint density at radius 1 is 1.16 bits per heavy atom. The van der Waals surface area contributed by atoms with Crippen molar-refractivity contribution in [3.63, 3.8) is 0 Å². The SMILES string of the molecule is Bc1nn(COC)c2c(Oc3ccc(S(C)(=O)=O)cc3)cc(-c3ncccc3Cl)cc12. The van der Waals surface area contributed by atoms with Gasteiger partial charge in [-0.1, -0.05) is 11.6 Å². The summed E-state index contributed by atoms with van der Waals surface area (Å²) in [6, 6.07) is 13.6. The monoisotopic (exact) mass is 455 g/mol. The van der Waals surface area contributed by atoms with Crippen LogP contribution in [0.4, 0.5) is 0 Å². The molecule has 0 N–H and O–H groups in total. The van der Waals surface area contributed by atoms with Crippen LogP contribution in [0.2, 0.25) is 5.02 Å². The van der Waals surface area contributed by atoms with Crippen molar-refractivity contribution in [3.8, 4) is 22.8 Å². The highest BCUT2D eigenvalue weighted by atomic mass is 35.5. The van der Waals surface area contributed by atoms with Crippen LogP contribution < -0.4 is 10.3 Å². The summed E-state index contributed by atoms with van der Waals surface area (Å²) >= 11 is 6.38. The second kappa shape index (κ2) is 8.34. The third-order valence-electron chi connectivity index (χ3n) is 4.76. The number of hydrogen-bond acceptors (Lipinski definition) is 6. The van der Waals surface area contributed by atoms with Gasteiger partial charge in [-0.25, -0.2) is 13.1 Å². The van der Waals surface area contributed by atoms with Crippen molar-refractivity contribution in [3.05, 3.63) is 59.8 Å². The van der Waals surface area contributed by atoms with Crippen molar-refractivity contribution in [2.75, 3.05) is 13.4 Å². The maximum atomic E-state index is 11.7. The first-order valence-corrected chi connectivity index (χ1v) is 11.6. The normalized spacial score (nSPS) is 11.7. The molecule has 2 aromatic heterocycles. The number of sulfone groups is 1. The zero-order chi connectivity index (χ0) is 22.2. The summed E-state index contributed by atoms with van der Waals surface area (Å²) < 4.78 is 36.7. The standard InChI is InChI=1S/C21H19BClN3O4S/c1-29-12-26-20-16(21(22)25-26)10-13(19-17(23)4-3-9-24-19)11-18(20)30-14-5-7-15(8-6-14)31(2,27)28/h3-11H,12,22H2,1-2H3. The fourth-order valence-electron chi connectivity index (χ4n) is 3.34. The summed E-state index contributed by atoms with van der Waals surface area (Å²) in [5.74, 6) is 1.01. The Kier molecular flexibility index (Phi) is 5.74. The average Bonchev–Trinajstić information content (AvgIpc) is 3.04.